The maximum absolute atomic E-state index is 6.14. The molecule has 4 heterocycles. The van der Waals surface area contributed by atoms with Crippen LogP contribution in [-0.2, 0) is 16.0 Å². The van der Waals surface area contributed by atoms with Crippen molar-refractivity contribution in [3.8, 4) is 0 Å². The summed E-state index contributed by atoms with van der Waals surface area (Å²) in [6.07, 6.45) is 3.48. The fraction of sp³-hybridized carbons (Fsp3) is 0.650. The highest BCUT2D eigenvalue weighted by molar-refractivity contribution is 5.48. The van der Waals surface area contributed by atoms with Crippen molar-refractivity contribution >= 4 is 11.6 Å². The Kier molecular flexibility index (Phi) is 4.90. The molecule has 1 aromatic carbocycles. The maximum atomic E-state index is 6.14. The summed E-state index contributed by atoms with van der Waals surface area (Å²) >= 11 is 0. The first-order valence-electron chi connectivity index (χ1n) is 10.3. The monoisotopic (exact) mass is 384 g/mol. The second-order valence-electron chi connectivity index (χ2n) is 8.22. The minimum absolute atomic E-state index is 0.186. The molecule has 3 fully saturated rings. The quantitative estimate of drug-likeness (QED) is 0.793. The van der Waals surface area contributed by atoms with Crippen LogP contribution in [0.2, 0.25) is 0 Å². The lowest BCUT2D eigenvalue weighted by Crippen LogP contribution is -2.47. The van der Waals surface area contributed by atoms with Crippen LogP contribution in [0.25, 0.3) is 0 Å². The van der Waals surface area contributed by atoms with Gasteiger partial charge < -0.3 is 19.3 Å². The largest absolute Gasteiger partial charge is 0.381 e. The van der Waals surface area contributed by atoms with Crippen LogP contribution in [0.5, 0.6) is 0 Å². The number of para-hydroxylation sites is 1. The van der Waals surface area contributed by atoms with E-state index in [-0.39, 0.29) is 6.10 Å². The number of aromatic nitrogens is 4. The average Bonchev–Trinajstić information content (AvgIpc) is 3.37. The molecule has 0 bridgehead atoms. The predicted octanol–water partition coefficient (Wildman–Crippen LogP) is 1.59. The molecule has 8 heteroatoms. The van der Waals surface area contributed by atoms with Crippen molar-refractivity contribution in [2.75, 3.05) is 55.8 Å². The van der Waals surface area contributed by atoms with Gasteiger partial charge in [0, 0.05) is 50.5 Å². The SMILES string of the molecule is c1ccc(N2CCN(c3nnnn3CC3CC4(CCOCC4)CO3)CC2)cc1. The molecule has 0 amide bonds. The molecular formula is C20H28N6O2. The van der Waals surface area contributed by atoms with Crippen LogP contribution in [0.4, 0.5) is 11.6 Å². The summed E-state index contributed by atoms with van der Waals surface area (Å²) in [6.45, 7) is 7.07. The van der Waals surface area contributed by atoms with E-state index in [0.717, 1.165) is 77.8 Å². The second-order valence-corrected chi connectivity index (χ2v) is 8.22. The molecule has 0 radical (unpaired) electrons. The lowest BCUT2D eigenvalue weighted by molar-refractivity contribution is 0.00635. The summed E-state index contributed by atoms with van der Waals surface area (Å²) in [4.78, 5) is 4.71. The number of rotatable bonds is 4. The highest BCUT2D eigenvalue weighted by atomic mass is 16.5. The molecule has 5 rings (SSSR count). The summed E-state index contributed by atoms with van der Waals surface area (Å²) in [7, 11) is 0. The Morgan fingerprint density at radius 3 is 2.54 bits per heavy atom. The number of hydrogen-bond donors (Lipinski definition) is 0. The van der Waals surface area contributed by atoms with Gasteiger partial charge in [-0.3, -0.25) is 0 Å². The normalized spacial score (nSPS) is 24.8. The van der Waals surface area contributed by atoms with Gasteiger partial charge in [0.25, 0.3) is 0 Å². The molecule has 0 aliphatic carbocycles. The summed E-state index contributed by atoms with van der Waals surface area (Å²) in [5, 5.41) is 12.5. The molecule has 0 N–H and O–H groups in total. The minimum Gasteiger partial charge on any atom is -0.381 e. The zero-order chi connectivity index (χ0) is 18.8. The summed E-state index contributed by atoms with van der Waals surface area (Å²) in [6, 6.07) is 10.6. The van der Waals surface area contributed by atoms with Crippen LogP contribution in [0, 0.1) is 5.41 Å². The van der Waals surface area contributed by atoms with E-state index < -0.39 is 0 Å². The summed E-state index contributed by atoms with van der Waals surface area (Å²) < 4.78 is 13.6. The third-order valence-corrected chi connectivity index (χ3v) is 6.41. The smallest absolute Gasteiger partial charge is 0.245 e. The van der Waals surface area contributed by atoms with Crippen molar-refractivity contribution in [3.63, 3.8) is 0 Å². The molecule has 3 aliphatic rings. The first kappa shape index (κ1) is 17.9. The highest BCUT2D eigenvalue weighted by Crippen LogP contribution is 2.41. The Morgan fingerprint density at radius 1 is 1.00 bits per heavy atom. The molecule has 3 saturated heterocycles. The maximum Gasteiger partial charge on any atom is 0.245 e. The molecule has 8 nitrogen and oxygen atoms in total. The van der Waals surface area contributed by atoms with Crippen molar-refractivity contribution in [1.82, 2.24) is 20.2 Å². The Bertz CT molecular complexity index is 768. The van der Waals surface area contributed by atoms with Crippen LogP contribution in [0.3, 0.4) is 0 Å². The highest BCUT2D eigenvalue weighted by Gasteiger charge is 2.41. The van der Waals surface area contributed by atoms with Gasteiger partial charge in [0.2, 0.25) is 5.95 Å². The van der Waals surface area contributed by atoms with Gasteiger partial charge in [-0.1, -0.05) is 23.3 Å². The van der Waals surface area contributed by atoms with Crippen LogP contribution >= 0.6 is 0 Å². The van der Waals surface area contributed by atoms with Gasteiger partial charge in [-0.15, -0.1) is 0 Å². The Morgan fingerprint density at radius 2 is 1.75 bits per heavy atom. The van der Waals surface area contributed by atoms with E-state index in [1.54, 1.807) is 0 Å². The van der Waals surface area contributed by atoms with Gasteiger partial charge in [0.05, 0.1) is 19.3 Å². The van der Waals surface area contributed by atoms with E-state index in [1.165, 1.54) is 5.69 Å². The van der Waals surface area contributed by atoms with Crippen molar-refractivity contribution in [3.05, 3.63) is 30.3 Å². The first-order chi connectivity index (χ1) is 13.8. The molecule has 3 aliphatic heterocycles. The Balaban J connectivity index is 1.20. The molecule has 1 spiro atoms. The third-order valence-electron chi connectivity index (χ3n) is 6.41. The molecule has 28 heavy (non-hydrogen) atoms. The van der Waals surface area contributed by atoms with Gasteiger partial charge in [-0.2, -0.15) is 0 Å². The van der Waals surface area contributed by atoms with Gasteiger partial charge in [-0.05, 0) is 41.8 Å². The number of tetrazole rings is 1. The molecule has 2 aromatic rings. The van der Waals surface area contributed by atoms with Gasteiger partial charge in [0.15, 0.2) is 0 Å². The summed E-state index contributed by atoms with van der Waals surface area (Å²) in [5.74, 6) is 0.865. The molecule has 1 aromatic heterocycles. The number of hydrogen-bond acceptors (Lipinski definition) is 7. The zero-order valence-corrected chi connectivity index (χ0v) is 16.2. The number of piperazine rings is 1. The lowest BCUT2D eigenvalue weighted by atomic mass is 9.78. The summed E-state index contributed by atoms with van der Waals surface area (Å²) in [5.41, 5.74) is 1.58. The average molecular weight is 384 g/mol. The van der Waals surface area contributed by atoms with E-state index in [2.05, 4.69) is 55.7 Å². The standard InChI is InChI=1S/C20H28N6O2/c1-2-4-17(5-3-1)24-8-10-25(11-9-24)19-21-22-23-26(19)15-18-14-20(16-28-18)6-12-27-13-7-20/h1-5,18H,6-16H2. The molecule has 0 saturated carbocycles. The van der Waals surface area contributed by atoms with Crippen molar-refractivity contribution in [2.24, 2.45) is 5.41 Å². The van der Waals surface area contributed by atoms with Crippen LogP contribution < -0.4 is 9.80 Å². The van der Waals surface area contributed by atoms with E-state index in [0.29, 0.717) is 5.41 Å². The zero-order valence-electron chi connectivity index (χ0n) is 16.2. The second kappa shape index (κ2) is 7.67. The first-order valence-corrected chi connectivity index (χ1v) is 10.3. The number of anilines is 2. The van der Waals surface area contributed by atoms with E-state index in [1.807, 2.05) is 4.68 Å². The fourth-order valence-corrected chi connectivity index (χ4v) is 4.71. The Labute approximate surface area is 165 Å². The van der Waals surface area contributed by atoms with E-state index in [4.69, 9.17) is 9.47 Å². The van der Waals surface area contributed by atoms with Crippen LogP contribution in [0.15, 0.2) is 30.3 Å². The van der Waals surface area contributed by atoms with Crippen molar-refractivity contribution < 1.29 is 9.47 Å². The van der Waals surface area contributed by atoms with Crippen molar-refractivity contribution in [2.45, 2.75) is 31.9 Å². The van der Waals surface area contributed by atoms with Crippen LogP contribution in [-0.4, -0.2) is 72.3 Å². The molecule has 150 valence electrons. The number of ether oxygens (including phenoxy) is 2. The van der Waals surface area contributed by atoms with Gasteiger partial charge in [-0.25, -0.2) is 4.68 Å². The predicted molar refractivity (Wildman–Crippen MR) is 106 cm³/mol. The van der Waals surface area contributed by atoms with E-state index >= 15 is 0 Å². The van der Waals surface area contributed by atoms with Gasteiger partial charge >= 0.3 is 0 Å². The van der Waals surface area contributed by atoms with Gasteiger partial charge in [0.1, 0.15) is 0 Å². The molecule has 1 atom stereocenters. The lowest BCUT2D eigenvalue weighted by Gasteiger charge is -2.36. The third kappa shape index (κ3) is 3.58. The Hall–Kier alpha value is -2.19. The minimum atomic E-state index is 0.186. The van der Waals surface area contributed by atoms with E-state index in [9.17, 15) is 0 Å². The topological polar surface area (TPSA) is 68.5 Å². The number of nitrogens with zero attached hydrogens (tertiary/aromatic N) is 6. The molecule has 1 unspecified atom stereocenters. The van der Waals surface area contributed by atoms with Crippen molar-refractivity contribution in [1.29, 1.82) is 0 Å². The molecular weight excluding hydrogens is 356 g/mol. The fourth-order valence-electron chi connectivity index (χ4n) is 4.71. The van der Waals surface area contributed by atoms with Crippen LogP contribution in [0.1, 0.15) is 19.3 Å². The number of benzene rings is 1.